The molecule has 2 rings (SSSR count). The molecule has 3 nitrogen and oxygen atoms in total. The summed E-state index contributed by atoms with van der Waals surface area (Å²) in [5, 5.41) is 2.89. The van der Waals surface area contributed by atoms with E-state index in [1.165, 1.54) is 12.1 Å². The van der Waals surface area contributed by atoms with Gasteiger partial charge in [0.1, 0.15) is 5.82 Å². The van der Waals surface area contributed by atoms with Crippen LogP contribution in [0.15, 0.2) is 24.3 Å². The Kier molecular flexibility index (Phi) is 5.05. The second-order valence-electron chi connectivity index (χ2n) is 6.86. The van der Waals surface area contributed by atoms with Crippen molar-refractivity contribution in [3.05, 3.63) is 35.6 Å². The number of carbonyl (C=O) groups is 1. The van der Waals surface area contributed by atoms with Gasteiger partial charge in [0.05, 0.1) is 5.41 Å². The quantitative estimate of drug-likeness (QED) is 0.905. The van der Waals surface area contributed by atoms with E-state index in [9.17, 15) is 13.4 Å². The number of rotatable bonds is 5. The van der Waals surface area contributed by atoms with Crippen LogP contribution in [0.2, 0.25) is 0 Å². The van der Waals surface area contributed by atoms with Gasteiger partial charge in [-0.15, -0.1) is 0 Å². The standard InChI is InChI=1S/C17H24FNO2S/c1-16(2,3)22(21)11-10-19-15(20)17(8-5-9-17)13-6-4-7-14(18)12-13/h4,6-7,12H,5,8-11H2,1-3H3,(H,19,20). The van der Waals surface area contributed by atoms with Crippen LogP contribution in [0.25, 0.3) is 0 Å². The molecule has 1 fully saturated rings. The van der Waals surface area contributed by atoms with Crippen molar-refractivity contribution in [1.82, 2.24) is 5.32 Å². The minimum atomic E-state index is -0.987. The van der Waals surface area contributed by atoms with E-state index in [2.05, 4.69) is 5.32 Å². The summed E-state index contributed by atoms with van der Waals surface area (Å²) in [7, 11) is -0.987. The van der Waals surface area contributed by atoms with Crippen LogP contribution < -0.4 is 5.32 Å². The molecule has 0 aromatic heterocycles. The third kappa shape index (κ3) is 3.57. The van der Waals surface area contributed by atoms with Crippen LogP contribution in [0.1, 0.15) is 45.6 Å². The van der Waals surface area contributed by atoms with Crippen molar-refractivity contribution in [3.63, 3.8) is 0 Å². The first kappa shape index (κ1) is 17.1. The molecular formula is C17H24FNO2S. The van der Waals surface area contributed by atoms with Gasteiger partial charge in [-0.25, -0.2) is 4.39 Å². The molecule has 1 aliphatic carbocycles. The minimum Gasteiger partial charge on any atom is -0.354 e. The van der Waals surface area contributed by atoms with Gasteiger partial charge in [-0.05, 0) is 51.3 Å². The fraction of sp³-hybridized carbons (Fsp3) is 0.588. The van der Waals surface area contributed by atoms with Crippen LogP contribution in [0.5, 0.6) is 0 Å². The highest BCUT2D eigenvalue weighted by Gasteiger charge is 2.45. The fourth-order valence-corrected chi connectivity index (χ4v) is 3.60. The number of carbonyl (C=O) groups excluding carboxylic acids is 1. The Morgan fingerprint density at radius 1 is 1.36 bits per heavy atom. The molecule has 1 aromatic carbocycles. The lowest BCUT2D eigenvalue weighted by atomic mass is 9.64. The van der Waals surface area contributed by atoms with E-state index in [0.29, 0.717) is 12.3 Å². The fourth-order valence-electron chi connectivity index (χ4n) is 2.70. The van der Waals surface area contributed by atoms with E-state index in [4.69, 9.17) is 0 Å². The van der Waals surface area contributed by atoms with Crippen LogP contribution in [-0.2, 0) is 21.0 Å². The van der Waals surface area contributed by atoms with E-state index >= 15 is 0 Å². The topological polar surface area (TPSA) is 46.2 Å². The lowest BCUT2D eigenvalue weighted by Gasteiger charge is -2.40. The summed E-state index contributed by atoms with van der Waals surface area (Å²) in [4.78, 5) is 12.6. The molecule has 122 valence electrons. The van der Waals surface area contributed by atoms with Gasteiger partial charge >= 0.3 is 0 Å². The summed E-state index contributed by atoms with van der Waals surface area (Å²) in [5.41, 5.74) is 0.138. The second-order valence-corrected chi connectivity index (χ2v) is 9.19. The molecule has 1 aromatic rings. The second kappa shape index (κ2) is 6.49. The number of amides is 1. The average Bonchev–Trinajstić information content (AvgIpc) is 2.36. The van der Waals surface area contributed by atoms with Crippen molar-refractivity contribution in [2.45, 2.75) is 50.2 Å². The Labute approximate surface area is 134 Å². The number of halogens is 1. The Balaban J connectivity index is 2.00. The monoisotopic (exact) mass is 325 g/mol. The number of hydrogen-bond acceptors (Lipinski definition) is 2. The van der Waals surface area contributed by atoms with E-state index in [1.54, 1.807) is 6.07 Å². The molecule has 5 heteroatoms. The van der Waals surface area contributed by atoms with Crippen molar-refractivity contribution in [3.8, 4) is 0 Å². The molecule has 0 aliphatic heterocycles. The largest absolute Gasteiger partial charge is 0.354 e. The van der Waals surface area contributed by atoms with E-state index in [-0.39, 0.29) is 16.5 Å². The lowest BCUT2D eigenvalue weighted by molar-refractivity contribution is -0.129. The maximum absolute atomic E-state index is 13.4. The third-order valence-corrected chi connectivity index (χ3v) is 6.22. The van der Waals surface area contributed by atoms with Gasteiger partial charge in [0.2, 0.25) is 5.91 Å². The first-order valence-electron chi connectivity index (χ1n) is 7.68. The van der Waals surface area contributed by atoms with Gasteiger partial charge in [-0.1, -0.05) is 18.6 Å². The Morgan fingerprint density at radius 2 is 2.05 bits per heavy atom. The van der Waals surface area contributed by atoms with Crippen molar-refractivity contribution in [2.75, 3.05) is 12.3 Å². The summed E-state index contributed by atoms with van der Waals surface area (Å²) < 4.78 is 25.2. The van der Waals surface area contributed by atoms with Crippen LogP contribution in [0.4, 0.5) is 4.39 Å². The highest BCUT2D eigenvalue weighted by molar-refractivity contribution is 7.86. The summed E-state index contributed by atoms with van der Waals surface area (Å²) >= 11 is 0. The zero-order valence-corrected chi connectivity index (χ0v) is 14.3. The van der Waals surface area contributed by atoms with Crippen molar-refractivity contribution >= 4 is 16.7 Å². The molecule has 1 N–H and O–H groups in total. The maximum Gasteiger partial charge on any atom is 0.230 e. The normalized spacial score (nSPS) is 18.4. The molecule has 22 heavy (non-hydrogen) atoms. The van der Waals surface area contributed by atoms with E-state index in [0.717, 1.165) is 24.8 Å². The van der Waals surface area contributed by atoms with E-state index < -0.39 is 16.2 Å². The highest BCUT2D eigenvalue weighted by Crippen LogP contribution is 2.44. The average molecular weight is 325 g/mol. The van der Waals surface area contributed by atoms with Crippen LogP contribution in [-0.4, -0.2) is 27.2 Å². The first-order chi connectivity index (χ1) is 10.3. The Bertz CT molecular complexity index is 576. The SMILES string of the molecule is CC(C)(C)S(=O)CCNC(=O)C1(c2cccc(F)c2)CCC1. The lowest BCUT2D eigenvalue weighted by Crippen LogP contribution is -2.50. The Morgan fingerprint density at radius 3 is 2.55 bits per heavy atom. The highest BCUT2D eigenvalue weighted by atomic mass is 32.2. The van der Waals surface area contributed by atoms with Crippen LogP contribution >= 0.6 is 0 Å². The number of hydrogen-bond donors (Lipinski definition) is 1. The maximum atomic E-state index is 13.4. The summed E-state index contributed by atoms with van der Waals surface area (Å²) in [6, 6.07) is 6.30. The predicted molar refractivity (Wildman–Crippen MR) is 87.7 cm³/mol. The molecule has 0 heterocycles. The van der Waals surface area contributed by atoms with Gasteiger partial charge in [0, 0.05) is 27.8 Å². The molecule has 1 unspecified atom stereocenters. The summed E-state index contributed by atoms with van der Waals surface area (Å²) in [6.07, 6.45) is 2.45. The summed E-state index contributed by atoms with van der Waals surface area (Å²) in [6.45, 7) is 6.15. The van der Waals surface area contributed by atoms with Gasteiger partial charge in [0.25, 0.3) is 0 Å². The molecule has 1 saturated carbocycles. The summed E-state index contributed by atoms with van der Waals surface area (Å²) in [5.74, 6) is 0.0507. The molecule has 0 bridgehead atoms. The van der Waals surface area contributed by atoms with Crippen LogP contribution in [0.3, 0.4) is 0 Å². The first-order valence-corrected chi connectivity index (χ1v) is 9.00. The van der Waals surface area contributed by atoms with Gasteiger partial charge in [-0.3, -0.25) is 9.00 Å². The molecule has 0 radical (unpaired) electrons. The van der Waals surface area contributed by atoms with E-state index in [1.807, 2.05) is 26.8 Å². The smallest absolute Gasteiger partial charge is 0.230 e. The number of benzene rings is 1. The molecule has 1 amide bonds. The molecule has 1 aliphatic rings. The zero-order valence-electron chi connectivity index (χ0n) is 13.4. The molecular weight excluding hydrogens is 301 g/mol. The third-order valence-electron chi connectivity index (χ3n) is 4.27. The van der Waals surface area contributed by atoms with Gasteiger partial charge in [0.15, 0.2) is 0 Å². The van der Waals surface area contributed by atoms with Crippen molar-refractivity contribution in [1.29, 1.82) is 0 Å². The molecule has 0 spiro atoms. The minimum absolute atomic E-state index is 0.0738. The van der Waals surface area contributed by atoms with Gasteiger partial charge < -0.3 is 5.32 Å². The predicted octanol–water partition coefficient (Wildman–Crippen LogP) is 2.91. The van der Waals surface area contributed by atoms with Crippen molar-refractivity contribution in [2.24, 2.45) is 0 Å². The Hall–Kier alpha value is -1.23. The van der Waals surface area contributed by atoms with Gasteiger partial charge in [-0.2, -0.15) is 0 Å². The molecule has 1 atom stereocenters. The number of nitrogens with one attached hydrogen (secondary N) is 1. The van der Waals surface area contributed by atoms with Crippen LogP contribution in [0, 0.1) is 5.82 Å². The zero-order chi connectivity index (χ0) is 16.4. The molecule has 0 saturated heterocycles. The van der Waals surface area contributed by atoms with Crippen molar-refractivity contribution < 1.29 is 13.4 Å².